The van der Waals surface area contributed by atoms with Crippen molar-refractivity contribution in [1.82, 2.24) is 5.32 Å². The van der Waals surface area contributed by atoms with Gasteiger partial charge in [-0.05, 0) is 0 Å². The third-order valence-electron chi connectivity index (χ3n) is 1.26. The monoisotopic (exact) mass is 166 g/mol. The van der Waals surface area contributed by atoms with Crippen LogP contribution in [-0.2, 0) is 0 Å². The van der Waals surface area contributed by atoms with Gasteiger partial charge >= 0.3 is 8.80 Å². The summed E-state index contributed by atoms with van der Waals surface area (Å²) in [7, 11) is -3.92. The number of hydrogen-bond acceptors (Lipinski definition) is 5. The number of nitrogens with one attached hydrogen (secondary N) is 1. The van der Waals surface area contributed by atoms with Crippen molar-refractivity contribution >= 4 is 8.80 Å². The molecule has 62 valence electrons. The van der Waals surface area contributed by atoms with E-state index in [0.29, 0.717) is 6.54 Å². The highest BCUT2D eigenvalue weighted by Gasteiger charge is 2.34. The van der Waals surface area contributed by atoms with E-state index in [4.69, 9.17) is 20.1 Å². The molecule has 0 bridgehead atoms. The van der Waals surface area contributed by atoms with Crippen molar-refractivity contribution < 1.29 is 14.4 Å². The minimum atomic E-state index is -3.92. The fraction of sp³-hybridized carbons (Fsp3) is 1.00. The smallest absolute Gasteiger partial charge is 0.390 e. The maximum absolute atomic E-state index is 8.68. The van der Waals surface area contributed by atoms with Crippen molar-refractivity contribution in [2.75, 3.05) is 13.2 Å². The van der Waals surface area contributed by atoms with E-state index in [1.54, 1.807) is 6.92 Å². The Kier molecular flexibility index (Phi) is 4.02. The van der Waals surface area contributed by atoms with Gasteiger partial charge in [-0.3, -0.25) is 0 Å². The lowest BCUT2D eigenvalue weighted by Gasteiger charge is -2.17. The summed E-state index contributed by atoms with van der Waals surface area (Å²) in [5.74, 6) is 0. The summed E-state index contributed by atoms with van der Waals surface area (Å²) in [6.45, 7) is 2.15. The van der Waals surface area contributed by atoms with Crippen molar-refractivity contribution in [1.29, 1.82) is 0 Å². The topological polar surface area (TPSA) is 98.7 Å². The Labute approximate surface area is 60.9 Å². The van der Waals surface area contributed by atoms with Gasteiger partial charge in [-0.1, -0.05) is 6.92 Å². The van der Waals surface area contributed by atoms with Gasteiger partial charge < -0.3 is 25.4 Å². The first-order chi connectivity index (χ1) is 4.48. The molecule has 0 spiro atoms. The van der Waals surface area contributed by atoms with Crippen LogP contribution in [0, 0.1) is 0 Å². The second-order valence-corrected chi connectivity index (χ2v) is 4.61. The number of rotatable bonds is 4. The van der Waals surface area contributed by atoms with Crippen LogP contribution in [0.3, 0.4) is 0 Å². The summed E-state index contributed by atoms with van der Waals surface area (Å²) in [5, 5.41) is 2.69. The Morgan fingerprint density at radius 2 is 2.00 bits per heavy atom. The summed E-state index contributed by atoms with van der Waals surface area (Å²) < 4.78 is 0. The maximum Gasteiger partial charge on any atom is 0.497 e. The SMILES string of the molecule is CC(CNCN)[Si](O)(O)O. The molecule has 0 aromatic carbocycles. The molecule has 6 N–H and O–H groups in total. The molecule has 0 fully saturated rings. The first-order valence-corrected chi connectivity index (χ1v) is 4.98. The van der Waals surface area contributed by atoms with Gasteiger partial charge in [-0.15, -0.1) is 0 Å². The molecule has 0 saturated heterocycles. The highest BCUT2D eigenvalue weighted by atomic mass is 28.4. The van der Waals surface area contributed by atoms with E-state index in [2.05, 4.69) is 5.32 Å². The molecule has 5 nitrogen and oxygen atoms in total. The molecule has 0 aromatic rings. The third kappa shape index (κ3) is 3.93. The van der Waals surface area contributed by atoms with Gasteiger partial charge in [0.1, 0.15) is 0 Å². The van der Waals surface area contributed by atoms with Crippen molar-refractivity contribution in [3.05, 3.63) is 0 Å². The summed E-state index contributed by atoms with van der Waals surface area (Å²) in [4.78, 5) is 26.0. The second kappa shape index (κ2) is 4.01. The lowest BCUT2D eigenvalue weighted by Crippen LogP contribution is -2.44. The standard InChI is InChI=1S/C4H14N2O3Si/c1-4(2-6-3-5)10(7,8)9/h4,6-9H,2-3,5H2,1H3. The van der Waals surface area contributed by atoms with Crippen LogP contribution in [0.2, 0.25) is 5.54 Å². The second-order valence-electron chi connectivity index (χ2n) is 2.25. The molecular weight excluding hydrogens is 152 g/mol. The minimum absolute atomic E-state index is 0.273. The van der Waals surface area contributed by atoms with E-state index in [1.165, 1.54) is 0 Å². The Morgan fingerprint density at radius 3 is 2.30 bits per heavy atom. The number of nitrogens with two attached hydrogens (primary N) is 1. The summed E-state index contributed by atoms with van der Waals surface area (Å²) in [5.41, 5.74) is 4.56. The van der Waals surface area contributed by atoms with Crippen molar-refractivity contribution in [2.45, 2.75) is 12.5 Å². The van der Waals surface area contributed by atoms with Crippen LogP contribution < -0.4 is 11.1 Å². The summed E-state index contributed by atoms with van der Waals surface area (Å²) in [6.07, 6.45) is 0. The molecule has 0 amide bonds. The van der Waals surface area contributed by atoms with Crippen LogP contribution >= 0.6 is 0 Å². The average molecular weight is 166 g/mol. The quantitative estimate of drug-likeness (QED) is 0.241. The molecule has 1 atom stereocenters. The fourth-order valence-electron chi connectivity index (χ4n) is 0.437. The zero-order valence-corrected chi connectivity index (χ0v) is 6.91. The molecule has 0 aliphatic rings. The largest absolute Gasteiger partial charge is 0.497 e. The van der Waals surface area contributed by atoms with Gasteiger partial charge in [0, 0.05) is 18.8 Å². The van der Waals surface area contributed by atoms with Gasteiger partial charge in [0.2, 0.25) is 0 Å². The first kappa shape index (κ1) is 10.0. The predicted octanol–water partition coefficient (Wildman–Crippen LogP) is -2.20. The van der Waals surface area contributed by atoms with E-state index in [1.807, 2.05) is 0 Å². The van der Waals surface area contributed by atoms with Gasteiger partial charge in [0.05, 0.1) is 0 Å². The van der Waals surface area contributed by atoms with Crippen LogP contribution in [0.1, 0.15) is 6.92 Å². The molecule has 0 aliphatic carbocycles. The van der Waals surface area contributed by atoms with E-state index in [0.717, 1.165) is 0 Å². The van der Waals surface area contributed by atoms with Crippen LogP contribution in [-0.4, -0.2) is 36.4 Å². The zero-order chi connectivity index (χ0) is 8.20. The molecular formula is C4H14N2O3Si. The lowest BCUT2D eigenvalue weighted by molar-refractivity contribution is 0.211. The molecule has 6 heteroatoms. The fourth-order valence-corrected chi connectivity index (χ4v) is 0.855. The highest BCUT2D eigenvalue weighted by Crippen LogP contribution is 2.10. The molecule has 0 radical (unpaired) electrons. The maximum atomic E-state index is 8.68. The van der Waals surface area contributed by atoms with Crippen molar-refractivity contribution in [3.8, 4) is 0 Å². The molecule has 0 aliphatic heterocycles. The number of hydrogen-bond donors (Lipinski definition) is 5. The highest BCUT2D eigenvalue weighted by molar-refractivity contribution is 6.57. The molecule has 0 heterocycles. The van der Waals surface area contributed by atoms with Crippen molar-refractivity contribution in [2.24, 2.45) is 5.73 Å². The average Bonchev–Trinajstić information content (AvgIpc) is 1.80. The summed E-state index contributed by atoms with van der Waals surface area (Å²) in [6, 6.07) is 0. The van der Waals surface area contributed by atoms with Gasteiger partial charge in [-0.25, -0.2) is 0 Å². The van der Waals surface area contributed by atoms with Crippen LogP contribution in [0.15, 0.2) is 0 Å². The third-order valence-corrected chi connectivity index (χ3v) is 2.78. The minimum Gasteiger partial charge on any atom is -0.390 e. The van der Waals surface area contributed by atoms with Crippen molar-refractivity contribution in [3.63, 3.8) is 0 Å². The Balaban J connectivity index is 3.52. The molecule has 10 heavy (non-hydrogen) atoms. The lowest BCUT2D eigenvalue weighted by atomic mass is 10.5. The predicted molar refractivity (Wildman–Crippen MR) is 38.9 cm³/mol. The normalized spacial score (nSPS) is 15.3. The van der Waals surface area contributed by atoms with E-state index < -0.39 is 14.3 Å². The van der Waals surface area contributed by atoms with Crippen LogP contribution in [0.5, 0.6) is 0 Å². The zero-order valence-electron chi connectivity index (χ0n) is 5.91. The van der Waals surface area contributed by atoms with Crippen LogP contribution in [0.4, 0.5) is 0 Å². The van der Waals surface area contributed by atoms with E-state index in [-0.39, 0.29) is 6.67 Å². The van der Waals surface area contributed by atoms with Crippen LogP contribution in [0.25, 0.3) is 0 Å². The molecule has 0 aromatic heterocycles. The summed E-state index contributed by atoms with van der Waals surface area (Å²) >= 11 is 0. The van der Waals surface area contributed by atoms with Gasteiger partial charge in [0.15, 0.2) is 0 Å². The van der Waals surface area contributed by atoms with E-state index in [9.17, 15) is 0 Å². The molecule has 1 unspecified atom stereocenters. The molecule has 0 saturated carbocycles. The van der Waals surface area contributed by atoms with E-state index >= 15 is 0 Å². The Bertz CT molecular complexity index is 95.0. The first-order valence-electron chi connectivity index (χ1n) is 3.06. The Morgan fingerprint density at radius 1 is 1.50 bits per heavy atom. The van der Waals surface area contributed by atoms with Gasteiger partial charge in [-0.2, -0.15) is 0 Å². The molecule has 0 rings (SSSR count). The Hall–Kier alpha value is 0.0169. The van der Waals surface area contributed by atoms with Gasteiger partial charge in [0.25, 0.3) is 0 Å².